The van der Waals surface area contributed by atoms with Crippen molar-refractivity contribution in [3.05, 3.63) is 90.1 Å². The largest absolute Gasteiger partial charge is 0.400 e. The minimum absolute atomic E-state index is 0.128. The number of fused-ring (bicyclic) bond motifs is 1. The quantitative estimate of drug-likeness (QED) is 0.204. The molecule has 1 amide bonds. The SMILES string of the molecule is CC1(N2CCN(c3cc4cc(NC(=O)C5CC(F)(F)C5)ncc4cc3Cl)CC2)COCC1O[Si](c1ccccc1)(c1ccccc1)C(C)(C)C. The summed E-state index contributed by atoms with van der Waals surface area (Å²) in [4.78, 5) is 21.7. The van der Waals surface area contributed by atoms with Gasteiger partial charge in [0.1, 0.15) is 5.82 Å². The predicted molar refractivity (Wildman–Crippen MR) is 199 cm³/mol. The normalized spacial score (nSPS) is 23.2. The molecule has 3 heterocycles. The van der Waals surface area contributed by atoms with Gasteiger partial charge in [0.25, 0.3) is 8.32 Å². The Morgan fingerprint density at radius 1 is 0.960 bits per heavy atom. The van der Waals surface area contributed by atoms with Crippen LogP contribution < -0.4 is 20.6 Å². The van der Waals surface area contributed by atoms with Crippen LogP contribution in [0.5, 0.6) is 0 Å². The highest BCUT2D eigenvalue weighted by Crippen LogP contribution is 2.43. The number of amides is 1. The molecule has 1 N–H and O–H groups in total. The average molecular weight is 719 g/mol. The molecule has 1 aromatic heterocycles. The molecule has 2 saturated heterocycles. The van der Waals surface area contributed by atoms with Crippen LogP contribution >= 0.6 is 11.6 Å². The van der Waals surface area contributed by atoms with Gasteiger partial charge in [0, 0.05) is 56.5 Å². The van der Waals surface area contributed by atoms with Crippen LogP contribution in [-0.4, -0.2) is 81.1 Å². The number of halogens is 3. The lowest BCUT2D eigenvalue weighted by Gasteiger charge is -2.50. The van der Waals surface area contributed by atoms with Crippen LogP contribution in [0.15, 0.2) is 85.1 Å². The summed E-state index contributed by atoms with van der Waals surface area (Å²) in [5.41, 5.74) is 0.587. The summed E-state index contributed by atoms with van der Waals surface area (Å²) in [6.45, 7) is 13.5. The highest BCUT2D eigenvalue weighted by Gasteiger charge is 2.56. The summed E-state index contributed by atoms with van der Waals surface area (Å²) >= 11 is 6.84. The van der Waals surface area contributed by atoms with Gasteiger partial charge in [-0.1, -0.05) is 93.0 Å². The Labute approximate surface area is 299 Å². The summed E-state index contributed by atoms with van der Waals surface area (Å²) in [5.74, 6) is -3.53. The van der Waals surface area contributed by atoms with Crippen molar-refractivity contribution >= 4 is 58.5 Å². The number of benzene rings is 3. The molecule has 1 aliphatic carbocycles. The Balaban J connectivity index is 1.09. The summed E-state index contributed by atoms with van der Waals surface area (Å²) in [5, 5.41) is 7.42. The Morgan fingerprint density at radius 2 is 1.58 bits per heavy atom. The number of carbonyl (C=O) groups is 1. The van der Waals surface area contributed by atoms with E-state index in [1.165, 1.54) is 10.4 Å². The highest BCUT2D eigenvalue weighted by atomic mass is 35.5. The number of carbonyl (C=O) groups excluding carboxylic acids is 1. The second-order valence-corrected chi connectivity index (χ2v) is 19.9. The number of pyridine rings is 1. The van der Waals surface area contributed by atoms with Crippen molar-refractivity contribution in [1.82, 2.24) is 9.88 Å². The van der Waals surface area contributed by atoms with Crippen molar-refractivity contribution in [1.29, 1.82) is 0 Å². The number of nitrogens with one attached hydrogen (secondary N) is 1. The van der Waals surface area contributed by atoms with Crippen LogP contribution in [0.25, 0.3) is 10.8 Å². The monoisotopic (exact) mass is 718 g/mol. The zero-order valence-electron chi connectivity index (χ0n) is 29.1. The van der Waals surface area contributed by atoms with Gasteiger partial charge >= 0.3 is 0 Å². The maximum Gasteiger partial charge on any atom is 0.261 e. The Bertz CT molecular complexity index is 1810. The van der Waals surface area contributed by atoms with Crippen molar-refractivity contribution in [3.8, 4) is 0 Å². The molecule has 1 saturated carbocycles. The van der Waals surface area contributed by atoms with Crippen molar-refractivity contribution in [2.24, 2.45) is 5.92 Å². The first-order valence-electron chi connectivity index (χ1n) is 17.4. The second-order valence-electron chi connectivity index (χ2n) is 15.3. The number of rotatable bonds is 8. The smallest absolute Gasteiger partial charge is 0.261 e. The number of hydrogen-bond acceptors (Lipinski definition) is 6. The number of nitrogens with zero attached hydrogens (tertiary/aromatic N) is 3. The van der Waals surface area contributed by atoms with Crippen LogP contribution in [0.2, 0.25) is 10.1 Å². The maximum atomic E-state index is 13.3. The van der Waals surface area contributed by atoms with E-state index in [1.54, 1.807) is 12.3 Å². The van der Waals surface area contributed by atoms with Crippen LogP contribution in [0.1, 0.15) is 40.5 Å². The van der Waals surface area contributed by atoms with Gasteiger partial charge in [0.05, 0.1) is 35.6 Å². The first-order chi connectivity index (χ1) is 23.8. The third-order valence-electron chi connectivity index (χ3n) is 10.9. The van der Waals surface area contributed by atoms with Gasteiger partial charge in [-0.05, 0) is 45.9 Å². The van der Waals surface area contributed by atoms with Crippen LogP contribution in [-0.2, 0) is 14.0 Å². The predicted octanol–water partition coefficient (Wildman–Crippen LogP) is 6.73. The fourth-order valence-corrected chi connectivity index (χ4v) is 13.1. The van der Waals surface area contributed by atoms with Gasteiger partial charge < -0.3 is 19.4 Å². The number of anilines is 2. The molecule has 11 heteroatoms. The third kappa shape index (κ3) is 6.45. The van der Waals surface area contributed by atoms with E-state index < -0.39 is 38.9 Å². The Kier molecular flexibility index (Phi) is 9.30. The van der Waals surface area contributed by atoms with Crippen LogP contribution in [0.4, 0.5) is 20.3 Å². The lowest BCUT2D eigenvalue weighted by Crippen LogP contribution is -2.71. The molecule has 2 atom stereocenters. The lowest BCUT2D eigenvalue weighted by molar-refractivity contribution is -0.145. The van der Waals surface area contributed by atoms with Crippen molar-refractivity contribution < 1.29 is 22.7 Å². The number of aromatic nitrogens is 1. The van der Waals surface area contributed by atoms with E-state index in [2.05, 4.69) is 108 Å². The fraction of sp³-hybridized carbons (Fsp3) is 0.436. The van der Waals surface area contributed by atoms with Crippen molar-refractivity contribution in [2.75, 3.05) is 49.6 Å². The first kappa shape index (κ1) is 35.0. The van der Waals surface area contributed by atoms with E-state index in [0.717, 1.165) is 42.6 Å². The van der Waals surface area contributed by atoms with Gasteiger partial charge in [0.15, 0.2) is 0 Å². The summed E-state index contributed by atoms with van der Waals surface area (Å²) in [6.07, 6.45) is 0.684. The number of hydrogen-bond donors (Lipinski definition) is 1. The standard InChI is InChI=1S/C39H45ClF2N4O3Si/c1-37(2,3)50(30-11-7-5-8-12-30,31-13-9-6-10-14-31)49-34-25-48-26-38(34,4)46-17-15-45(16-18-46)33-20-27-21-35(43-24-28(27)19-32(33)40)44-36(47)29-22-39(41,42)23-29/h5-14,19-21,24,29,34H,15-18,22-23,25-26H2,1-4H3,(H,43,44,47). The van der Waals surface area contributed by atoms with Gasteiger partial charge in [-0.2, -0.15) is 0 Å². The van der Waals surface area contributed by atoms with Crippen LogP contribution in [0, 0.1) is 5.92 Å². The fourth-order valence-electron chi connectivity index (χ4n) is 8.00. The molecule has 7 rings (SSSR count). The average Bonchev–Trinajstić information content (AvgIpc) is 3.46. The first-order valence-corrected chi connectivity index (χ1v) is 19.7. The molecule has 3 aromatic carbocycles. The molecular weight excluding hydrogens is 674 g/mol. The molecule has 2 unspecified atom stereocenters. The zero-order valence-corrected chi connectivity index (χ0v) is 30.9. The molecule has 0 spiro atoms. The molecule has 4 aromatic rings. The Hall–Kier alpha value is -3.41. The van der Waals surface area contributed by atoms with E-state index in [9.17, 15) is 13.6 Å². The molecule has 50 heavy (non-hydrogen) atoms. The van der Waals surface area contributed by atoms with E-state index >= 15 is 0 Å². The summed E-state index contributed by atoms with van der Waals surface area (Å²) < 4.78 is 40.5. The topological polar surface area (TPSA) is 66.9 Å². The molecule has 264 valence electrons. The molecule has 0 radical (unpaired) electrons. The minimum atomic E-state index is -2.79. The van der Waals surface area contributed by atoms with E-state index in [0.29, 0.717) is 24.1 Å². The highest BCUT2D eigenvalue weighted by molar-refractivity contribution is 6.99. The number of ether oxygens (including phenoxy) is 1. The zero-order chi connectivity index (χ0) is 35.3. The van der Waals surface area contributed by atoms with E-state index in [-0.39, 0.29) is 16.7 Å². The molecule has 3 aliphatic rings. The van der Waals surface area contributed by atoms with Gasteiger partial charge in [-0.3, -0.25) is 9.69 Å². The van der Waals surface area contributed by atoms with Gasteiger partial charge in [-0.15, -0.1) is 0 Å². The van der Waals surface area contributed by atoms with Crippen LogP contribution in [0.3, 0.4) is 0 Å². The maximum absolute atomic E-state index is 13.3. The van der Waals surface area contributed by atoms with Crippen molar-refractivity contribution in [2.45, 2.75) is 63.1 Å². The molecule has 0 bridgehead atoms. The van der Waals surface area contributed by atoms with E-state index in [4.69, 9.17) is 20.8 Å². The van der Waals surface area contributed by atoms with Gasteiger partial charge in [0.2, 0.25) is 11.8 Å². The van der Waals surface area contributed by atoms with Crippen molar-refractivity contribution in [3.63, 3.8) is 0 Å². The summed E-state index contributed by atoms with van der Waals surface area (Å²) in [6, 6.07) is 27.2. The van der Waals surface area contributed by atoms with Gasteiger partial charge in [-0.25, -0.2) is 13.8 Å². The third-order valence-corrected chi connectivity index (χ3v) is 16.3. The number of piperazine rings is 1. The minimum Gasteiger partial charge on any atom is -0.400 e. The molecular formula is C39H45ClF2N4O3Si. The second kappa shape index (κ2) is 13.3. The van der Waals surface area contributed by atoms with E-state index in [1.807, 2.05) is 12.1 Å². The molecule has 3 fully saturated rings. The summed E-state index contributed by atoms with van der Waals surface area (Å²) in [7, 11) is -2.79. The number of alkyl halides is 2. The molecule has 7 nitrogen and oxygen atoms in total. The lowest BCUT2D eigenvalue weighted by atomic mass is 9.81. The Morgan fingerprint density at radius 3 is 2.16 bits per heavy atom. The molecule has 2 aliphatic heterocycles.